The second kappa shape index (κ2) is 73.6. The molecule has 0 amide bonds. The maximum Gasteiger partial charge on any atom is 0.472 e. The lowest BCUT2D eigenvalue weighted by Gasteiger charge is -2.21. The predicted molar refractivity (Wildman–Crippen MR) is 414 cm³/mol. The van der Waals surface area contributed by atoms with E-state index in [9.17, 15) is 43.2 Å². The highest BCUT2D eigenvalue weighted by molar-refractivity contribution is 7.47. The predicted octanol–water partition coefficient (Wildman–Crippen LogP) is 24.7. The molecule has 0 aromatic heterocycles. The summed E-state index contributed by atoms with van der Waals surface area (Å²) in [5.74, 6) is -0.666. The molecule has 17 nitrogen and oxygen atoms in total. The van der Waals surface area contributed by atoms with E-state index < -0.39 is 97.5 Å². The molecule has 0 fully saturated rings. The van der Waals surface area contributed by atoms with Crippen molar-refractivity contribution >= 4 is 39.5 Å². The van der Waals surface area contributed by atoms with E-state index >= 15 is 0 Å². The fourth-order valence-corrected chi connectivity index (χ4v) is 14.3. The Morgan fingerprint density at radius 2 is 0.455 bits per heavy atom. The van der Waals surface area contributed by atoms with Crippen LogP contribution in [0.2, 0.25) is 0 Å². The van der Waals surface area contributed by atoms with E-state index in [1.54, 1.807) is 0 Å². The van der Waals surface area contributed by atoms with Gasteiger partial charge in [-0.1, -0.05) is 382 Å². The van der Waals surface area contributed by atoms with Crippen LogP contribution in [0.4, 0.5) is 0 Å². The highest BCUT2D eigenvalue weighted by atomic mass is 31.2. The summed E-state index contributed by atoms with van der Waals surface area (Å²) in [4.78, 5) is 73.0. The van der Waals surface area contributed by atoms with Crippen molar-refractivity contribution in [3.05, 3.63) is 0 Å². The molecule has 101 heavy (non-hydrogen) atoms. The van der Waals surface area contributed by atoms with Gasteiger partial charge in [0.05, 0.1) is 26.4 Å². The van der Waals surface area contributed by atoms with E-state index in [4.69, 9.17) is 37.0 Å². The first kappa shape index (κ1) is 99.1. The van der Waals surface area contributed by atoms with Gasteiger partial charge in [0.1, 0.15) is 19.3 Å². The van der Waals surface area contributed by atoms with Gasteiger partial charge >= 0.3 is 39.5 Å². The summed E-state index contributed by atoms with van der Waals surface area (Å²) < 4.78 is 68.7. The van der Waals surface area contributed by atoms with Crippen LogP contribution >= 0.6 is 15.6 Å². The summed E-state index contributed by atoms with van der Waals surface area (Å²) in [7, 11) is -9.92. The van der Waals surface area contributed by atoms with Crippen molar-refractivity contribution in [2.75, 3.05) is 39.6 Å². The average molecular weight is 1480 g/mol. The van der Waals surface area contributed by atoms with E-state index in [0.29, 0.717) is 31.6 Å². The number of rotatable bonds is 81. The molecule has 0 heterocycles. The third-order valence-electron chi connectivity index (χ3n) is 19.2. The van der Waals surface area contributed by atoms with Crippen LogP contribution in [0.3, 0.4) is 0 Å². The summed E-state index contributed by atoms with van der Waals surface area (Å²) >= 11 is 0. The van der Waals surface area contributed by atoms with Gasteiger partial charge in [-0.05, 0) is 37.5 Å². The molecule has 0 aromatic carbocycles. The molecule has 0 aromatic rings. The number of hydrogen-bond donors (Lipinski definition) is 3. The Morgan fingerprint density at radius 1 is 0.267 bits per heavy atom. The highest BCUT2D eigenvalue weighted by Crippen LogP contribution is 2.45. The van der Waals surface area contributed by atoms with Crippen molar-refractivity contribution in [2.24, 2.45) is 11.8 Å². The zero-order valence-electron chi connectivity index (χ0n) is 66.2. The van der Waals surface area contributed by atoms with Crippen LogP contribution in [0.1, 0.15) is 433 Å². The van der Waals surface area contributed by atoms with Crippen LogP contribution in [0.15, 0.2) is 0 Å². The topological polar surface area (TPSA) is 237 Å². The van der Waals surface area contributed by atoms with Crippen LogP contribution in [0, 0.1) is 11.8 Å². The van der Waals surface area contributed by atoms with Gasteiger partial charge in [-0.2, -0.15) is 0 Å². The van der Waals surface area contributed by atoms with Crippen molar-refractivity contribution in [3.8, 4) is 0 Å². The summed E-state index contributed by atoms with van der Waals surface area (Å²) in [6.45, 7) is 9.56. The van der Waals surface area contributed by atoms with Crippen LogP contribution in [0.25, 0.3) is 0 Å². The van der Waals surface area contributed by atoms with Gasteiger partial charge in [-0.15, -0.1) is 0 Å². The number of aliphatic hydroxyl groups is 1. The van der Waals surface area contributed by atoms with E-state index in [-0.39, 0.29) is 25.7 Å². The molecular weight excluding hydrogens is 1320 g/mol. The van der Waals surface area contributed by atoms with Gasteiger partial charge in [0.2, 0.25) is 0 Å². The van der Waals surface area contributed by atoms with Gasteiger partial charge in [0.15, 0.2) is 12.2 Å². The minimum atomic E-state index is -4.96. The van der Waals surface area contributed by atoms with Crippen molar-refractivity contribution in [1.82, 2.24) is 0 Å². The quantitative estimate of drug-likeness (QED) is 0.0222. The second-order valence-corrected chi connectivity index (χ2v) is 33.4. The number of carbonyl (C=O) groups excluding carboxylic acids is 4. The second-order valence-electron chi connectivity index (χ2n) is 30.5. The van der Waals surface area contributed by atoms with Gasteiger partial charge in [0, 0.05) is 25.7 Å². The molecule has 3 N–H and O–H groups in total. The number of aliphatic hydroxyl groups excluding tert-OH is 1. The Hall–Kier alpha value is -1.94. The molecule has 2 unspecified atom stereocenters. The molecule has 19 heteroatoms. The molecule has 0 bridgehead atoms. The van der Waals surface area contributed by atoms with Crippen molar-refractivity contribution < 1.29 is 80.2 Å². The van der Waals surface area contributed by atoms with Crippen LogP contribution in [-0.4, -0.2) is 96.7 Å². The maximum absolute atomic E-state index is 13.1. The molecule has 0 aliphatic heterocycles. The van der Waals surface area contributed by atoms with E-state index in [0.717, 1.165) is 102 Å². The monoisotopic (exact) mass is 1480 g/mol. The third kappa shape index (κ3) is 76.1. The highest BCUT2D eigenvalue weighted by Gasteiger charge is 2.30. The fourth-order valence-electron chi connectivity index (χ4n) is 12.7. The largest absolute Gasteiger partial charge is 0.472 e. The molecule has 0 spiro atoms. The number of carbonyl (C=O) groups is 4. The first-order chi connectivity index (χ1) is 48.9. The SMILES string of the molecule is CCCCCCCCCCCCCCCCCCCCCC(=O)OC[C@H](COP(=O)(O)OC[C@@H](O)COP(=O)(O)OC[C@@H](COC(=O)CCCCCCCCC(C)C)OC(=O)CCCCCCCCCCCCCC(C)C)OC(=O)CCCCCCCCCCCCCCCCCCCCC. The van der Waals surface area contributed by atoms with Crippen molar-refractivity contribution in [1.29, 1.82) is 0 Å². The van der Waals surface area contributed by atoms with Gasteiger partial charge in [-0.25, -0.2) is 9.13 Å². The Kier molecular flexibility index (Phi) is 72.2. The number of hydrogen-bond acceptors (Lipinski definition) is 15. The summed E-state index contributed by atoms with van der Waals surface area (Å²) in [5.41, 5.74) is 0. The first-order valence-corrected chi connectivity index (χ1v) is 45.5. The zero-order chi connectivity index (χ0) is 74.2. The average Bonchev–Trinajstić information content (AvgIpc) is 0.920. The van der Waals surface area contributed by atoms with Crippen molar-refractivity contribution in [3.63, 3.8) is 0 Å². The Labute approximate surface area is 619 Å². The van der Waals surface area contributed by atoms with Gasteiger partial charge < -0.3 is 33.8 Å². The number of ether oxygens (including phenoxy) is 4. The Bertz CT molecular complexity index is 1940. The normalized spacial score (nSPS) is 13.9. The maximum atomic E-state index is 13.1. The molecular formula is C82H160O17P2. The lowest BCUT2D eigenvalue weighted by molar-refractivity contribution is -0.161. The molecule has 600 valence electrons. The Balaban J connectivity index is 5.21. The molecule has 0 aliphatic rings. The summed E-state index contributed by atoms with van der Waals surface area (Å²) in [6.07, 6.45) is 64.1. The summed E-state index contributed by atoms with van der Waals surface area (Å²) in [6, 6.07) is 0. The molecule has 0 saturated carbocycles. The van der Waals surface area contributed by atoms with Crippen LogP contribution < -0.4 is 0 Å². The van der Waals surface area contributed by atoms with Crippen LogP contribution in [0.5, 0.6) is 0 Å². The smallest absolute Gasteiger partial charge is 0.462 e. The van der Waals surface area contributed by atoms with E-state index in [2.05, 4.69) is 41.5 Å². The minimum Gasteiger partial charge on any atom is -0.462 e. The lowest BCUT2D eigenvalue weighted by Crippen LogP contribution is -2.30. The number of esters is 4. The number of phosphoric ester groups is 2. The van der Waals surface area contributed by atoms with E-state index in [1.807, 2.05) is 0 Å². The number of unbranched alkanes of at least 4 members (excludes halogenated alkanes) is 51. The molecule has 5 atom stereocenters. The lowest BCUT2D eigenvalue weighted by atomic mass is 10.0. The molecule has 0 radical (unpaired) electrons. The number of phosphoric acid groups is 2. The fraction of sp³-hybridized carbons (Fsp3) is 0.951. The molecule has 0 rings (SSSR count). The Morgan fingerprint density at radius 3 is 0.673 bits per heavy atom. The third-order valence-corrected chi connectivity index (χ3v) is 21.1. The van der Waals surface area contributed by atoms with Gasteiger partial charge in [0.25, 0.3) is 0 Å². The van der Waals surface area contributed by atoms with Gasteiger partial charge in [-0.3, -0.25) is 37.3 Å². The zero-order valence-corrected chi connectivity index (χ0v) is 68.0. The molecule has 0 saturated heterocycles. The minimum absolute atomic E-state index is 0.106. The summed E-state index contributed by atoms with van der Waals surface area (Å²) in [5, 5.41) is 10.6. The molecule has 0 aliphatic carbocycles. The first-order valence-electron chi connectivity index (χ1n) is 42.5. The van der Waals surface area contributed by atoms with Crippen molar-refractivity contribution in [2.45, 2.75) is 452 Å². The standard InChI is InChI=1S/C82H160O17P2/c1-7-9-11-13-15-17-19-21-23-25-27-29-31-33-37-41-45-52-58-64-79(84)92-70-77(98-81(86)66-60-54-46-42-38-34-32-30-28-26-24-22-20-18-16-14-12-10-8-2)72-96-100(88,89)94-68-76(83)69-95-101(90,91)97-73-78(71-93-80(85)65-59-53-49-48-51-57-63-75(5)6)99-82(87)67-61-55-47-43-39-35-36-40-44-50-56-62-74(3)4/h74-78,83H,7-73H2,1-6H3,(H,88,89)(H,90,91)/t76-,77-,78-/m1/s1. The van der Waals surface area contributed by atoms with Crippen LogP contribution in [-0.2, 0) is 65.4 Å². The van der Waals surface area contributed by atoms with E-state index in [1.165, 1.54) is 244 Å².